The summed E-state index contributed by atoms with van der Waals surface area (Å²) < 4.78 is 5.08. The second-order valence-electron chi connectivity index (χ2n) is 3.79. The number of hydrogen-bond acceptors (Lipinski definition) is 3. The lowest BCUT2D eigenvalue weighted by molar-refractivity contribution is -0.144. The van der Waals surface area contributed by atoms with Gasteiger partial charge in [0.1, 0.15) is 5.94 Å². The summed E-state index contributed by atoms with van der Waals surface area (Å²) in [5.41, 5.74) is 2.07. The molecule has 0 aromatic heterocycles. The van der Waals surface area contributed by atoms with E-state index in [1.807, 2.05) is 33.1 Å². The van der Waals surface area contributed by atoms with Crippen molar-refractivity contribution in [2.75, 3.05) is 12.2 Å². The van der Waals surface area contributed by atoms with Gasteiger partial charge in [-0.05, 0) is 33.4 Å². The lowest BCUT2D eigenvalue weighted by atomic mass is 9.97. The van der Waals surface area contributed by atoms with E-state index in [9.17, 15) is 4.79 Å². The highest BCUT2D eigenvalue weighted by Gasteiger charge is 2.19. The van der Waals surface area contributed by atoms with E-state index >= 15 is 0 Å². The zero-order valence-corrected chi connectivity index (χ0v) is 10.8. The van der Waals surface area contributed by atoms with Crippen molar-refractivity contribution >= 4 is 17.7 Å². The van der Waals surface area contributed by atoms with Crippen molar-refractivity contribution in [1.82, 2.24) is 0 Å². The van der Waals surface area contributed by atoms with Crippen LogP contribution in [0.2, 0.25) is 0 Å². The zero-order valence-electron chi connectivity index (χ0n) is 10.0. The standard InChI is InChI=1S/C12H20O2S/c1-9(2)6-7-11(10(3)4)12(13)14-8-15-5/h6,11H,3,7-8H2,1-2,4-5H3. The monoisotopic (exact) mass is 228 g/mol. The molecule has 0 spiro atoms. The van der Waals surface area contributed by atoms with Crippen molar-refractivity contribution < 1.29 is 9.53 Å². The van der Waals surface area contributed by atoms with Gasteiger partial charge in [0.2, 0.25) is 0 Å². The summed E-state index contributed by atoms with van der Waals surface area (Å²) in [5.74, 6) is 0.0404. The maximum atomic E-state index is 11.6. The minimum atomic E-state index is -0.202. The molecule has 0 amide bonds. The molecule has 1 unspecified atom stereocenters. The molecule has 0 saturated carbocycles. The molecule has 0 saturated heterocycles. The first kappa shape index (κ1) is 14.3. The maximum Gasteiger partial charge on any atom is 0.314 e. The lowest BCUT2D eigenvalue weighted by Gasteiger charge is -2.13. The second kappa shape index (κ2) is 7.57. The smallest absolute Gasteiger partial charge is 0.314 e. The van der Waals surface area contributed by atoms with Crippen molar-refractivity contribution in [3.8, 4) is 0 Å². The number of esters is 1. The van der Waals surface area contributed by atoms with E-state index in [1.165, 1.54) is 17.3 Å². The largest absolute Gasteiger partial charge is 0.454 e. The summed E-state index contributed by atoms with van der Waals surface area (Å²) in [5, 5.41) is 0. The van der Waals surface area contributed by atoms with Gasteiger partial charge in [-0.3, -0.25) is 4.79 Å². The van der Waals surface area contributed by atoms with Crippen LogP contribution < -0.4 is 0 Å². The number of carbonyl (C=O) groups excluding carboxylic acids is 1. The molecule has 15 heavy (non-hydrogen) atoms. The third-order valence-electron chi connectivity index (χ3n) is 1.96. The topological polar surface area (TPSA) is 26.3 Å². The fraction of sp³-hybridized carbons (Fsp3) is 0.583. The summed E-state index contributed by atoms with van der Waals surface area (Å²) >= 11 is 1.50. The molecular weight excluding hydrogens is 208 g/mol. The minimum Gasteiger partial charge on any atom is -0.454 e. The molecule has 0 heterocycles. The summed E-state index contributed by atoms with van der Waals surface area (Å²) in [6.45, 7) is 9.72. The first-order valence-corrected chi connectivity index (χ1v) is 6.32. The molecule has 0 aromatic carbocycles. The van der Waals surface area contributed by atoms with Gasteiger partial charge in [0.25, 0.3) is 0 Å². The Bertz CT molecular complexity index is 252. The van der Waals surface area contributed by atoms with E-state index in [2.05, 4.69) is 6.58 Å². The fourth-order valence-corrected chi connectivity index (χ4v) is 1.30. The Labute approximate surface area is 96.8 Å². The quantitative estimate of drug-likeness (QED) is 0.396. The van der Waals surface area contributed by atoms with Gasteiger partial charge in [-0.15, -0.1) is 11.8 Å². The number of thioether (sulfide) groups is 1. The van der Waals surface area contributed by atoms with Crippen LogP contribution >= 0.6 is 11.8 Å². The molecular formula is C12H20O2S. The molecule has 0 fully saturated rings. The highest BCUT2D eigenvalue weighted by molar-refractivity contribution is 7.98. The summed E-state index contributed by atoms with van der Waals surface area (Å²) in [4.78, 5) is 11.6. The van der Waals surface area contributed by atoms with E-state index in [4.69, 9.17) is 4.74 Å². The van der Waals surface area contributed by atoms with E-state index in [0.717, 1.165) is 5.57 Å². The van der Waals surface area contributed by atoms with Crippen molar-refractivity contribution in [2.45, 2.75) is 27.2 Å². The van der Waals surface area contributed by atoms with Crippen LogP contribution in [0.5, 0.6) is 0 Å². The van der Waals surface area contributed by atoms with Gasteiger partial charge in [-0.25, -0.2) is 0 Å². The van der Waals surface area contributed by atoms with Crippen LogP contribution in [0.3, 0.4) is 0 Å². The predicted octanol–water partition coefficient (Wildman–Crippen LogP) is 3.40. The number of hydrogen-bond donors (Lipinski definition) is 0. The highest BCUT2D eigenvalue weighted by atomic mass is 32.2. The summed E-state index contributed by atoms with van der Waals surface area (Å²) in [6.07, 6.45) is 4.63. The van der Waals surface area contributed by atoms with E-state index in [-0.39, 0.29) is 11.9 Å². The van der Waals surface area contributed by atoms with Crippen molar-refractivity contribution in [1.29, 1.82) is 0 Å². The van der Waals surface area contributed by atoms with Gasteiger partial charge < -0.3 is 4.74 Å². The Morgan fingerprint density at radius 2 is 2.07 bits per heavy atom. The van der Waals surface area contributed by atoms with Crippen molar-refractivity contribution in [3.63, 3.8) is 0 Å². The summed E-state index contributed by atoms with van der Waals surface area (Å²) in [7, 11) is 0. The number of ether oxygens (including phenoxy) is 1. The van der Waals surface area contributed by atoms with Crippen molar-refractivity contribution in [3.05, 3.63) is 23.8 Å². The van der Waals surface area contributed by atoms with Crippen LogP contribution in [-0.2, 0) is 9.53 Å². The van der Waals surface area contributed by atoms with Gasteiger partial charge in [0.15, 0.2) is 0 Å². The average molecular weight is 228 g/mol. The number of carbonyl (C=O) groups is 1. The van der Waals surface area contributed by atoms with Gasteiger partial charge in [-0.2, -0.15) is 0 Å². The first-order chi connectivity index (χ1) is 6.99. The van der Waals surface area contributed by atoms with Gasteiger partial charge in [0, 0.05) is 0 Å². The van der Waals surface area contributed by atoms with Crippen molar-refractivity contribution in [2.24, 2.45) is 5.92 Å². The Hall–Kier alpha value is -0.700. The third kappa shape index (κ3) is 6.39. The van der Waals surface area contributed by atoms with Gasteiger partial charge in [-0.1, -0.05) is 23.8 Å². The predicted molar refractivity (Wildman–Crippen MR) is 66.8 cm³/mol. The number of rotatable bonds is 6. The molecule has 86 valence electrons. The Morgan fingerprint density at radius 3 is 2.47 bits per heavy atom. The molecule has 3 heteroatoms. The molecule has 0 aliphatic carbocycles. The Morgan fingerprint density at radius 1 is 1.47 bits per heavy atom. The van der Waals surface area contributed by atoms with Crippen LogP contribution in [0.15, 0.2) is 23.8 Å². The molecule has 0 rings (SSSR count). The Kier molecular flexibility index (Phi) is 7.22. The van der Waals surface area contributed by atoms with E-state index in [1.54, 1.807) is 0 Å². The Balaban J connectivity index is 4.32. The molecule has 2 nitrogen and oxygen atoms in total. The molecule has 0 aliphatic heterocycles. The van der Waals surface area contributed by atoms with Crippen LogP contribution in [0.1, 0.15) is 27.2 Å². The van der Waals surface area contributed by atoms with Crippen LogP contribution in [0.25, 0.3) is 0 Å². The van der Waals surface area contributed by atoms with Gasteiger partial charge in [0.05, 0.1) is 5.92 Å². The van der Waals surface area contributed by atoms with Gasteiger partial charge >= 0.3 is 5.97 Å². The normalized spacial score (nSPS) is 11.7. The number of allylic oxidation sites excluding steroid dienone is 2. The highest BCUT2D eigenvalue weighted by Crippen LogP contribution is 2.17. The first-order valence-electron chi connectivity index (χ1n) is 4.93. The maximum absolute atomic E-state index is 11.6. The van der Waals surface area contributed by atoms with E-state index < -0.39 is 0 Å². The molecule has 0 aromatic rings. The lowest BCUT2D eigenvalue weighted by Crippen LogP contribution is -2.18. The summed E-state index contributed by atoms with van der Waals surface area (Å²) in [6, 6.07) is 0. The second-order valence-corrected chi connectivity index (χ2v) is 4.60. The fourth-order valence-electron chi connectivity index (χ4n) is 1.07. The minimum absolute atomic E-state index is 0.172. The third-order valence-corrected chi connectivity index (χ3v) is 2.31. The zero-order chi connectivity index (χ0) is 11.8. The van der Waals surface area contributed by atoms with Crippen LogP contribution in [0.4, 0.5) is 0 Å². The van der Waals surface area contributed by atoms with E-state index in [0.29, 0.717) is 12.4 Å². The molecule has 0 bridgehead atoms. The van der Waals surface area contributed by atoms with Crippen LogP contribution in [-0.4, -0.2) is 18.2 Å². The molecule has 0 aliphatic rings. The molecule has 0 N–H and O–H groups in total. The molecule has 1 atom stereocenters. The van der Waals surface area contributed by atoms with Crippen LogP contribution in [0, 0.1) is 5.92 Å². The SMILES string of the molecule is C=C(C)C(CC=C(C)C)C(=O)OCSC. The molecule has 0 radical (unpaired) electrons. The average Bonchev–Trinajstić information content (AvgIpc) is 2.13.